The monoisotopic (exact) mass is 362 g/mol. The number of carbonyl (C=O) groups is 1. The van der Waals surface area contributed by atoms with Crippen LogP contribution in [-0.4, -0.2) is 49.8 Å². The van der Waals surface area contributed by atoms with Gasteiger partial charge in [-0.25, -0.2) is 4.98 Å². The Morgan fingerprint density at radius 3 is 2.65 bits per heavy atom. The zero-order chi connectivity index (χ0) is 14.5. The molecule has 0 aromatic carbocycles. The maximum Gasteiger partial charge on any atom is 0.245 e. The third-order valence-electron chi connectivity index (χ3n) is 3.96. The molecule has 3 rings (SSSR count). The Morgan fingerprint density at radius 1 is 1.26 bits per heavy atom. The number of aromatic nitrogens is 1. The predicted octanol–water partition coefficient (Wildman–Crippen LogP) is 1.84. The van der Waals surface area contributed by atoms with Gasteiger partial charge in [-0.15, -0.1) is 24.8 Å². The van der Waals surface area contributed by atoms with Gasteiger partial charge in [-0.3, -0.25) is 4.79 Å². The van der Waals surface area contributed by atoms with Crippen molar-refractivity contribution in [1.29, 1.82) is 0 Å². The second-order valence-electron chi connectivity index (χ2n) is 5.52. The van der Waals surface area contributed by atoms with Crippen LogP contribution in [0.2, 0.25) is 0 Å². The highest BCUT2D eigenvalue weighted by atomic mass is 35.5. The van der Waals surface area contributed by atoms with Gasteiger partial charge in [0.1, 0.15) is 11.9 Å². The Morgan fingerprint density at radius 2 is 2.04 bits per heavy atom. The molecule has 1 aromatic heterocycles. The highest BCUT2D eigenvalue weighted by Crippen LogP contribution is 2.20. The molecule has 2 fully saturated rings. The number of nitrogens with zero attached hydrogens (tertiary/aromatic N) is 2. The van der Waals surface area contributed by atoms with E-state index in [1.54, 1.807) is 0 Å². The summed E-state index contributed by atoms with van der Waals surface area (Å²) in [6.45, 7) is 3.97. The van der Waals surface area contributed by atoms with E-state index in [1.807, 2.05) is 18.3 Å². The van der Waals surface area contributed by atoms with Gasteiger partial charge in [-0.1, -0.05) is 0 Å². The molecule has 0 bridgehead atoms. The summed E-state index contributed by atoms with van der Waals surface area (Å²) in [6, 6.07) is 3.60. The molecule has 0 saturated carbocycles. The lowest BCUT2D eigenvalue weighted by molar-refractivity contribution is -0.120. The number of rotatable bonds is 3. The van der Waals surface area contributed by atoms with Gasteiger partial charge < -0.3 is 20.3 Å². The van der Waals surface area contributed by atoms with Crippen LogP contribution in [0.4, 0.5) is 11.5 Å². The maximum absolute atomic E-state index is 12.1. The van der Waals surface area contributed by atoms with Crippen LogP contribution in [0.1, 0.15) is 19.3 Å². The molecule has 2 N–H and O–H groups in total. The van der Waals surface area contributed by atoms with Crippen molar-refractivity contribution in [3.8, 4) is 0 Å². The first-order chi connectivity index (χ1) is 10.3. The molecule has 3 heterocycles. The third kappa shape index (κ3) is 5.49. The second-order valence-corrected chi connectivity index (χ2v) is 5.52. The summed E-state index contributed by atoms with van der Waals surface area (Å²) in [7, 11) is 0. The molecule has 130 valence electrons. The number of carbonyl (C=O) groups excluding carboxylic acids is 1. The smallest absolute Gasteiger partial charge is 0.245 e. The van der Waals surface area contributed by atoms with E-state index in [-0.39, 0.29) is 36.8 Å². The van der Waals surface area contributed by atoms with Crippen LogP contribution in [0.5, 0.6) is 0 Å². The molecule has 0 radical (unpaired) electrons. The number of ether oxygens (including phenoxy) is 1. The number of hydrogen-bond donors (Lipinski definition) is 2. The minimum absolute atomic E-state index is 0. The number of piperidine rings is 1. The number of halogens is 2. The molecule has 1 unspecified atom stereocenters. The van der Waals surface area contributed by atoms with Gasteiger partial charge in [-0.2, -0.15) is 0 Å². The topological polar surface area (TPSA) is 66.5 Å². The van der Waals surface area contributed by atoms with E-state index in [9.17, 15) is 4.79 Å². The lowest BCUT2D eigenvalue weighted by Gasteiger charge is -2.28. The van der Waals surface area contributed by atoms with E-state index in [4.69, 9.17) is 4.74 Å². The first kappa shape index (κ1) is 20.0. The molecule has 0 spiro atoms. The molecule has 8 heteroatoms. The van der Waals surface area contributed by atoms with Crippen LogP contribution in [0.15, 0.2) is 18.3 Å². The van der Waals surface area contributed by atoms with Crippen LogP contribution < -0.4 is 15.5 Å². The first-order valence-corrected chi connectivity index (χ1v) is 7.66. The van der Waals surface area contributed by atoms with Gasteiger partial charge in [0.15, 0.2) is 0 Å². The van der Waals surface area contributed by atoms with E-state index < -0.39 is 0 Å². The van der Waals surface area contributed by atoms with E-state index >= 15 is 0 Å². The Bertz CT molecular complexity index is 475. The van der Waals surface area contributed by atoms with Crippen LogP contribution in [0.25, 0.3) is 0 Å². The fourth-order valence-electron chi connectivity index (χ4n) is 2.75. The van der Waals surface area contributed by atoms with Gasteiger partial charge in [0.05, 0.1) is 25.1 Å². The molecule has 1 amide bonds. The van der Waals surface area contributed by atoms with Gasteiger partial charge in [0.2, 0.25) is 5.91 Å². The molecule has 1 atom stereocenters. The first-order valence-electron chi connectivity index (χ1n) is 7.66. The quantitative estimate of drug-likeness (QED) is 0.858. The van der Waals surface area contributed by atoms with E-state index in [0.717, 1.165) is 18.8 Å². The van der Waals surface area contributed by atoms with E-state index in [2.05, 4.69) is 20.5 Å². The minimum atomic E-state index is -0.290. The summed E-state index contributed by atoms with van der Waals surface area (Å²) < 4.78 is 5.29. The number of nitrogens with one attached hydrogen (secondary N) is 2. The lowest BCUT2D eigenvalue weighted by atomic mass is 10.1. The van der Waals surface area contributed by atoms with Crippen molar-refractivity contribution >= 4 is 42.2 Å². The summed E-state index contributed by atoms with van der Waals surface area (Å²) in [6.07, 6.45) is 5.64. The molecular formula is C15H24Cl2N4O2. The zero-order valence-corrected chi connectivity index (χ0v) is 14.6. The number of hydrogen-bond acceptors (Lipinski definition) is 5. The van der Waals surface area contributed by atoms with Gasteiger partial charge in [0.25, 0.3) is 0 Å². The average molecular weight is 363 g/mol. The van der Waals surface area contributed by atoms with Crippen LogP contribution in [0.3, 0.4) is 0 Å². The molecular weight excluding hydrogens is 339 g/mol. The molecule has 0 aliphatic carbocycles. The summed E-state index contributed by atoms with van der Waals surface area (Å²) in [4.78, 5) is 18.7. The van der Waals surface area contributed by atoms with Gasteiger partial charge >= 0.3 is 0 Å². The van der Waals surface area contributed by atoms with Crippen molar-refractivity contribution in [2.24, 2.45) is 0 Å². The Hall–Kier alpha value is -1.08. The normalized spacial score (nSPS) is 20.9. The summed E-state index contributed by atoms with van der Waals surface area (Å²) in [5.74, 6) is 0.501. The third-order valence-corrected chi connectivity index (χ3v) is 3.96. The highest BCUT2D eigenvalue weighted by Gasteiger charge is 2.21. The van der Waals surface area contributed by atoms with Crippen LogP contribution >= 0.6 is 24.8 Å². The summed E-state index contributed by atoms with van der Waals surface area (Å²) in [5, 5.41) is 5.96. The van der Waals surface area contributed by atoms with Gasteiger partial charge in [0, 0.05) is 19.6 Å². The lowest BCUT2D eigenvalue weighted by Crippen LogP contribution is -2.48. The number of pyridine rings is 1. The van der Waals surface area contributed by atoms with Gasteiger partial charge in [-0.05, 0) is 31.4 Å². The van der Waals surface area contributed by atoms with Crippen LogP contribution in [-0.2, 0) is 9.53 Å². The fourth-order valence-corrected chi connectivity index (χ4v) is 2.75. The molecule has 6 nitrogen and oxygen atoms in total. The number of anilines is 2. The van der Waals surface area contributed by atoms with Crippen molar-refractivity contribution in [2.45, 2.75) is 25.3 Å². The largest absolute Gasteiger partial charge is 0.378 e. The molecule has 23 heavy (non-hydrogen) atoms. The molecule has 2 aliphatic rings. The SMILES string of the molecule is Cl.Cl.O=C(Nc1ccc(N2CCCCC2)cn1)C1COCCN1. The molecule has 1 aromatic rings. The molecule has 2 aliphatic heterocycles. The minimum Gasteiger partial charge on any atom is -0.378 e. The van der Waals surface area contributed by atoms with Crippen LogP contribution in [0, 0.1) is 0 Å². The Balaban J connectivity index is 0.00000132. The number of morpholine rings is 1. The van der Waals surface area contributed by atoms with Crippen molar-refractivity contribution in [2.75, 3.05) is 43.1 Å². The predicted molar refractivity (Wildman–Crippen MR) is 96.0 cm³/mol. The molecule has 2 saturated heterocycles. The zero-order valence-electron chi connectivity index (χ0n) is 13.0. The fraction of sp³-hybridized carbons (Fsp3) is 0.600. The number of amides is 1. The Kier molecular flexibility index (Phi) is 8.62. The summed E-state index contributed by atoms with van der Waals surface area (Å²) >= 11 is 0. The highest BCUT2D eigenvalue weighted by molar-refractivity contribution is 5.94. The standard InChI is InChI=1S/C15H22N4O2.2ClH/c20-15(13-11-21-9-6-16-13)18-14-5-4-12(10-17-14)19-7-2-1-3-8-19;;/h4-5,10,13,16H,1-3,6-9,11H2,(H,17,18,20);2*1H. The van der Waals surface area contributed by atoms with Crippen molar-refractivity contribution < 1.29 is 9.53 Å². The summed E-state index contributed by atoms with van der Waals surface area (Å²) in [5.41, 5.74) is 1.13. The van der Waals surface area contributed by atoms with E-state index in [1.165, 1.54) is 19.3 Å². The second kappa shape index (κ2) is 9.93. The van der Waals surface area contributed by atoms with Crippen molar-refractivity contribution in [1.82, 2.24) is 10.3 Å². The Labute approximate surface area is 149 Å². The van der Waals surface area contributed by atoms with E-state index in [0.29, 0.717) is 25.6 Å². The average Bonchev–Trinajstić information content (AvgIpc) is 2.57. The van der Waals surface area contributed by atoms with Crippen molar-refractivity contribution in [3.63, 3.8) is 0 Å². The van der Waals surface area contributed by atoms with Crippen molar-refractivity contribution in [3.05, 3.63) is 18.3 Å². The maximum atomic E-state index is 12.1.